The number of ketones is 1. The van der Waals surface area contributed by atoms with Gasteiger partial charge < -0.3 is 18.9 Å². The van der Waals surface area contributed by atoms with E-state index in [0.29, 0.717) is 24.8 Å². The second-order valence-corrected chi connectivity index (χ2v) is 10.4. The van der Waals surface area contributed by atoms with Crippen LogP contribution in [0.25, 0.3) is 0 Å². The van der Waals surface area contributed by atoms with Crippen LogP contribution >= 0.6 is 0 Å². The number of hydrogen-bond donors (Lipinski definition) is 0. The molecule has 3 aliphatic rings. The van der Waals surface area contributed by atoms with Crippen molar-refractivity contribution in [2.75, 3.05) is 14.2 Å². The zero-order valence-corrected chi connectivity index (χ0v) is 21.4. The van der Waals surface area contributed by atoms with Crippen molar-refractivity contribution in [1.82, 2.24) is 0 Å². The Kier molecular flexibility index (Phi) is 7.02. The van der Waals surface area contributed by atoms with Crippen LogP contribution in [0.5, 0.6) is 0 Å². The van der Waals surface area contributed by atoms with E-state index >= 15 is 0 Å². The third kappa shape index (κ3) is 3.95. The molecule has 2 aliphatic heterocycles. The predicted octanol–water partition coefficient (Wildman–Crippen LogP) is 3.53. The summed E-state index contributed by atoms with van der Waals surface area (Å²) in [7, 11) is 2.66. The molecule has 188 valence electrons. The molecule has 0 amide bonds. The lowest BCUT2D eigenvalue weighted by atomic mass is 9.69. The normalized spacial score (nSPS) is 38.1. The number of allylic oxidation sites excluding steroid dienone is 1. The van der Waals surface area contributed by atoms with Crippen molar-refractivity contribution in [3.63, 3.8) is 0 Å². The first-order valence-corrected chi connectivity index (χ1v) is 11.8. The minimum absolute atomic E-state index is 0.0321. The molecule has 1 fully saturated rings. The van der Waals surface area contributed by atoms with Crippen LogP contribution in [0.4, 0.5) is 0 Å². The Morgan fingerprint density at radius 2 is 1.82 bits per heavy atom. The number of fused-ring (bicyclic) bond motifs is 2. The fourth-order valence-corrected chi connectivity index (χ4v) is 5.72. The first-order valence-electron chi connectivity index (χ1n) is 11.8. The highest BCUT2D eigenvalue weighted by molar-refractivity contribution is 6.07. The molecule has 0 aromatic heterocycles. The van der Waals surface area contributed by atoms with E-state index in [9.17, 15) is 19.2 Å². The minimum atomic E-state index is -1.72. The van der Waals surface area contributed by atoms with Gasteiger partial charge in [0.05, 0.1) is 20.1 Å². The number of hydrogen-bond acceptors (Lipinski definition) is 8. The summed E-state index contributed by atoms with van der Waals surface area (Å²) in [6.07, 6.45) is 2.41. The Morgan fingerprint density at radius 3 is 2.38 bits per heavy atom. The van der Waals surface area contributed by atoms with E-state index in [-0.39, 0.29) is 23.4 Å². The van der Waals surface area contributed by atoms with Gasteiger partial charge in [0.1, 0.15) is 17.5 Å². The van der Waals surface area contributed by atoms with E-state index in [1.807, 2.05) is 26.8 Å². The van der Waals surface area contributed by atoms with E-state index < -0.39 is 46.9 Å². The molecule has 0 N–H and O–H groups in total. The van der Waals surface area contributed by atoms with Crippen molar-refractivity contribution in [3.05, 3.63) is 23.0 Å². The standard InChI is InChI=1S/C26H36O8/c1-13(2)17-16-10-9-15(4)20-18(26(6,23(29)32-8)24(30)33-20)19(27)14(3)11-12-25(16,5)34-22(28)21(17)31-7/h9,13-14,16,18,20H,10-12H2,1-8H3/b15-9+/t14-,16+,18-,20-,25-,26+/m1/s1. The summed E-state index contributed by atoms with van der Waals surface area (Å²) in [5, 5.41) is 0. The van der Waals surface area contributed by atoms with Crippen LogP contribution in [-0.2, 0) is 38.1 Å². The molecular weight excluding hydrogens is 440 g/mol. The van der Waals surface area contributed by atoms with Gasteiger partial charge in [0.2, 0.25) is 5.76 Å². The lowest BCUT2D eigenvalue weighted by molar-refractivity contribution is -0.168. The van der Waals surface area contributed by atoms with Crippen LogP contribution in [-0.4, -0.2) is 49.6 Å². The molecule has 8 heteroatoms. The third-order valence-electron chi connectivity index (χ3n) is 7.89. The molecule has 0 spiro atoms. The maximum atomic E-state index is 13.7. The Labute approximate surface area is 201 Å². The highest BCUT2D eigenvalue weighted by Gasteiger charge is 2.63. The second-order valence-electron chi connectivity index (χ2n) is 10.4. The largest absolute Gasteiger partial charge is 0.490 e. The van der Waals surface area contributed by atoms with Gasteiger partial charge in [-0.2, -0.15) is 0 Å². The lowest BCUT2D eigenvalue weighted by Crippen LogP contribution is -2.47. The van der Waals surface area contributed by atoms with E-state index in [2.05, 4.69) is 0 Å². The quantitative estimate of drug-likeness (QED) is 0.264. The number of carbonyl (C=O) groups excluding carboxylic acids is 4. The van der Waals surface area contributed by atoms with E-state index in [1.165, 1.54) is 21.1 Å². The molecule has 2 heterocycles. The molecular formula is C26H36O8. The lowest BCUT2D eigenvalue weighted by Gasteiger charge is -2.43. The molecule has 1 saturated heterocycles. The fraction of sp³-hybridized carbons (Fsp3) is 0.692. The monoisotopic (exact) mass is 476 g/mol. The molecule has 8 nitrogen and oxygen atoms in total. The van der Waals surface area contributed by atoms with Crippen molar-refractivity contribution < 1.29 is 38.1 Å². The Hall–Kier alpha value is -2.64. The predicted molar refractivity (Wildman–Crippen MR) is 122 cm³/mol. The molecule has 6 atom stereocenters. The maximum absolute atomic E-state index is 13.7. The first-order chi connectivity index (χ1) is 15.8. The SMILES string of the molecule is COC(=O)[C@@]1(C)C(=O)O[C@@H]2/C(C)=C/C[C@H]3C(C(C)C)=C(OC)C(=O)O[C@]3(C)CC[C@@H](C)C(=O)[C@H]21. The highest BCUT2D eigenvalue weighted by atomic mass is 16.6. The topological polar surface area (TPSA) is 105 Å². The van der Waals surface area contributed by atoms with Gasteiger partial charge in [-0.15, -0.1) is 0 Å². The summed E-state index contributed by atoms with van der Waals surface area (Å²) in [6, 6.07) is 0. The molecule has 0 aromatic rings. The Balaban J connectivity index is 2.15. The van der Waals surface area contributed by atoms with Crippen molar-refractivity contribution in [1.29, 1.82) is 0 Å². The van der Waals surface area contributed by atoms with Gasteiger partial charge in [0.25, 0.3) is 0 Å². The Bertz CT molecular complexity index is 960. The summed E-state index contributed by atoms with van der Waals surface area (Å²) in [4.78, 5) is 52.1. The molecule has 0 aromatic carbocycles. The number of Topliss-reactive ketones (excluding diaryl/α,β-unsaturated/α-hetero) is 1. The van der Waals surface area contributed by atoms with Crippen LogP contribution in [0.15, 0.2) is 23.0 Å². The van der Waals surface area contributed by atoms with Gasteiger partial charge in [-0.1, -0.05) is 26.8 Å². The van der Waals surface area contributed by atoms with Gasteiger partial charge in [0, 0.05) is 11.8 Å². The fourth-order valence-electron chi connectivity index (χ4n) is 5.72. The van der Waals surface area contributed by atoms with Gasteiger partial charge >= 0.3 is 17.9 Å². The number of ether oxygens (including phenoxy) is 4. The number of rotatable bonds is 3. The maximum Gasteiger partial charge on any atom is 0.374 e. The zero-order chi connectivity index (χ0) is 25.6. The summed E-state index contributed by atoms with van der Waals surface area (Å²) < 4.78 is 21.9. The van der Waals surface area contributed by atoms with E-state index in [4.69, 9.17) is 18.9 Å². The second kappa shape index (κ2) is 9.19. The molecule has 0 unspecified atom stereocenters. The van der Waals surface area contributed by atoms with Crippen molar-refractivity contribution in [2.24, 2.45) is 29.1 Å². The van der Waals surface area contributed by atoms with Crippen molar-refractivity contribution >= 4 is 23.7 Å². The molecule has 0 bridgehead atoms. The van der Waals surface area contributed by atoms with E-state index in [1.54, 1.807) is 13.8 Å². The smallest absolute Gasteiger partial charge is 0.374 e. The highest BCUT2D eigenvalue weighted by Crippen LogP contribution is 2.49. The molecule has 1 aliphatic carbocycles. The van der Waals surface area contributed by atoms with Gasteiger partial charge in [-0.25, -0.2) is 4.79 Å². The van der Waals surface area contributed by atoms with Crippen LogP contribution in [0.2, 0.25) is 0 Å². The summed E-state index contributed by atoms with van der Waals surface area (Å²) in [5.74, 6) is -3.68. The van der Waals surface area contributed by atoms with Crippen LogP contribution in [0, 0.1) is 29.1 Å². The molecule has 0 radical (unpaired) electrons. The average Bonchev–Trinajstić information content (AvgIpc) is 3.05. The summed E-state index contributed by atoms with van der Waals surface area (Å²) in [6.45, 7) is 10.9. The summed E-state index contributed by atoms with van der Waals surface area (Å²) in [5.41, 5.74) is -1.01. The van der Waals surface area contributed by atoms with Crippen LogP contribution in [0.3, 0.4) is 0 Å². The number of esters is 3. The molecule has 0 saturated carbocycles. The van der Waals surface area contributed by atoms with Crippen molar-refractivity contribution in [2.45, 2.75) is 72.5 Å². The number of methoxy groups -OCH3 is 2. The minimum Gasteiger partial charge on any atom is -0.490 e. The average molecular weight is 477 g/mol. The number of carbonyl (C=O) groups is 4. The molecule has 3 rings (SSSR count). The van der Waals surface area contributed by atoms with Crippen molar-refractivity contribution in [3.8, 4) is 0 Å². The molecule has 34 heavy (non-hydrogen) atoms. The van der Waals surface area contributed by atoms with Gasteiger partial charge in [0.15, 0.2) is 5.41 Å². The van der Waals surface area contributed by atoms with Crippen LogP contribution in [0.1, 0.15) is 60.8 Å². The van der Waals surface area contributed by atoms with Gasteiger partial charge in [-0.05, 0) is 57.1 Å². The third-order valence-corrected chi connectivity index (χ3v) is 7.89. The first kappa shape index (κ1) is 26.0. The Morgan fingerprint density at radius 1 is 1.18 bits per heavy atom. The zero-order valence-electron chi connectivity index (χ0n) is 21.4. The van der Waals surface area contributed by atoms with E-state index in [0.717, 1.165) is 5.57 Å². The summed E-state index contributed by atoms with van der Waals surface area (Å²) >= 11 is 0. The van der Waals surface area contributed by atoms with Gasteiger partial charge in [-0.3, -0.25) is 14.4 Å². The van der Waals surface area contributed by atoms with Crippen LogP contribution < -0.4 is 0 Å².